The lowest BCUT2D eigenvalue weighted by molar-refractivity contribution is -0.0941. The van der Waals surface area contributed by atoms with Gasteiger partial charge in [0.25, 0.3) is 0 Å². The second kappa shape index (κ2) is 6.38. The Labute approximate surface area is 113 Å². The summed E-state index contributed by atoms with van der Waals surface area (Å²) >= 11 is 0. The smallest absolute Gasteiger partial charge is 0.0692 e. The zero-order chi connectivity index (χ0) is 13.0. The lowest BCUT2D eigenvalue weighted by Gasteiger charge is -2.41. The molecule has 0 aromatic rings. The number of rotatable bonds is 6. The van der Waals surface area contributed by atoms with Crippen LogP contribution in [0.4, 0.5) is 0 Å². The van der Waals surface area contributed by atoms with Crippen molar-refractivity contribution in [1.29, 1.82) is 0 Å². The summed E-state index contributed by atoms with van der Waals surface area (Å²) in [5, 5.41) is 3.86. The van der Waals surface area contributed by atoms with Crippen LogP contribution >= 0.6 is 0 Å². The molecule has 18 heavy (non-hydrogen) atoms. The highest BCUT2D eigenvalue weighted by Gasteiger charge is 2.35. The molecule has 0 spiro atoms. The number of ether oxygens (including phenoxy) is 1. The van der Waals surface area contributed by atoms with Gasteiger partial charge in [-0.3, -0.25) is 0 Å². The van der Waals surface area contributed by atoms with Crippen molar-refractivity contribution < 1.29 is 4.74 Å². The molecule has 1 aliphatic carbocycles. The Hall–Kier alpha value is -0.0800. The third-order valence-electron chi connectivity index (χ3n) is 5.21. The molecule has 1 N–H and O–H groups in total. The summed E-state index contributed by atoms with van der Waals surface area (Å²) in [6, 6.07) is 1.36. The summed E-state index contributed by atoms with van der Waals surface area (Å²) < 4.78 is 6.05. The van der Waals surface area contributed by atoms with E-state index in [1.807, 2.05) is 0 Å². The van der Waals surface area contributed by atoms with Crippen molar-refractivity contribution in [3.8, 4) is 0 Å². The molecule has 0 amide bonds. The maximum atomic E-state index is 6.05. The van der Waals surface area contributed by atoms with Gasteiger partial charge < -0.3 is 10.1 Å². The van der Waals surface area contributed by atoms with E-state index in [9.17, 15) is 0 Å². The average Bonchev–Trinajstić information content (AvgIpc) is 2.34. The molecule has 1 saturated carbocycles. The van der Waals surface area contributed by atoms with Gasteiger partial charge in [-0.1, -0.05) is 33.1 Å². The molecule has 2 rings (SSSR count). The molecule has 106 valence electrons. The Morgan fingerprint density at radius 1 is 1.22 bits per heavy atom. The molecule has 1 heterocycles. The first-order valence-corrected chi connectivity index (χ1v) is 8.07. The van der Waals surface area contributed by atoms with E-state index in [-0.39, 0.29) is 5.60 Å². The summed E-state index contributed by atoms with van der Waals surface area (Å²) in [7, 11) is 0. The first kappa shape index (κ1) is 14.3. The van der Waals surface area contributed by atoms with E-state index in [1.165, 1.54) is 38.5 Å². The van der Waals surface area contributed by atoms with Crippen molar-refractivity contribution in [2.45, 2.75) is 89.8 Å². The van der Waals surface area contributed by atoms with E-state index in [4.69, 9.17) is 4.74 Å². The van der Waals surface area contributed by atoms with E-state index in [2.05, 4.69) is 26.1 Å². The molecule has 0 aromatic carbocycles. The van der Waals surface area contributed by atoms with Crippen molar-refractivity contribution in [2.75, 3.05) is 6.61 Å². The van der Waals surface area contributed by atoms with E-state index in [0.29, 0.717) is 12.1 Å². The van der Waals surface area contributed by atoms with Crippen LogP contribution in [0.5, 0.6) is 0 Å². The number of hydrogen-bond donors (Lipinski definition) is 1. The summed E-state index contributed by atoms with van der Waals surface area (Å²) in [5.41, 5.74) is 0.159. The van der Waals surface area contributed by atoms with Crippen LogP contribution < -0.4 is 5.32 Å². The fourth-order valence-corrected chi connectivity index (χ4v) is 3.61. The largest absolute Gasteiger partial charge is 0.375 e. The van der Waals surface area contributed by atoms with Gasteiger partial charge in [0.05, 0.1) is 5.60 Å². The van der Waals surface area contributed by atoms with E-state index >= 15 is 0 Å². The van der Waals surface area contributed by atoms with Gasteiger partial charge >= 0.3 is 0 Å². The normalized spacial score (nSPS) is 29.8. The predicted octanol–water partition coefficient (Wildman–Crippen LogP) is 3.89. The zero-order valence-electron chi connectivity index (χ0n) is 12.5. The lowest BCUT2D eigenvalue weighted by atomic mass is 9.80. The highest BCUT2D eigenvalue weighted by atomic mass is 16.5. The monoisotopic (exact) mass is 253 g/mol. The molecule has 2 heteroatoms. The Morgan fingerprint density at radius 2 is 1.94 bits per heavy atom. The highest BCUT2D eigenvalue weighted by Crippen LogP contribution is 2.33. The summed E-state index contributed by atoms with van der Waals surface area (Å²) in [5.74, 6) is 1.01. The van der Waals surface area contributed by atoms with Gasteiger partial charge in [0.2, 0.25) is 0 Å². The molecule has 2 nitrogen and oxygen atoms in total. The first-order valence-electron chi connectivity index (χ1n) is 8.07. The van der Waals surface area contributed by atoms with E-state index in [1.54, 1.807) is 0 Å². The van der Waals surface area contributed by atoms with Crippen LogP contribution in [-0.2, 0) is 4.74 Å². The Bertz CT molecular complexity index is 245. The Kier molecular flexibility index (Phi) is 5.08. The molecular weight excluding hydrogens is 222 g/mol. The molecule has 0 aromatic heterocycles. The van der Waals surface area contributed by atoms with Crippen LogP contribution in [-0.4, -0.2) is 24.3 Å². The van der Waals surface area contributed by atoms with Gasteiger partial charge in [-0.05, 0) is 44.9 Å². The maximum absolute atomic E-state index is 6.05. The van der Waals surface area contributed by atoms with Gasteiger partial charge in [-0.25, -0.2) is 0 Å². The molecule has 1 aliphatic heterocycles. The fourth-order valence-electron chi connectivity index (χ4n) is 3.61. The second-order valence-electron chi connectivity index (χ2n) is 6.53. The van der Waals surface area contributed by atoms with Crippen molar-refractivity contribution in [2.24, 2.45) is 5.92 Å². The lowest BCUT2D eigenvalue weighted by Crippen LogP contribution is -2.49. The van der Waals surface area contributed by atoms with Crippen molar-refractivity contribution in [3.05, 3.63) is 0 Å². The summed E-state index contributed by atoms with van der Waals surface area (Å²) in [4.78, 5) is 0. The van der Waals surface area contributed by atoms with Crippen molar-refractivity contribution >= 4 is 0 Å². The van der Waals surface area contributed by atoms with Crippen LogP contribution in [0.25, 0.3) is 0 Å². The minimum Gasteiger partial charge on any atom is -0.375 e. The third-order valence-corrected chi connectivity index (χ3v) is 5.21. The minimum absolute atomic E-state index is 0.159. The fraction of sp³-hybridized carbons (Fsp3) is 1.00. The van der Waals surface area contributed by atoms with Gasteiger partial charge in [0.1, 0.15) is 0 Å². The molecule has 2 unspecified atom stereocenters. The number of hydrogen-bond acceptors (Lipinski definition) is 2. The molecule has 2 aliphatic rings. The third kappa shape index (κ3) is 3.48. The summed E-state index contributed by atoms with van der Waals surface area (Å²) in [6.45, 7) is 7.84. The van der Waals surface area contributed by atoms with E-state index in [0.717, 1.165) is 25.4 Å². The van der Waals surface area contributed by atoms with Crippen molar-refractivity contribution in [3.63, 3.8) is 0 Å². The molecule has 0 bridgehead atoms. The van der Waals surface area contributed by atoms with Gasteiger partial charge in [-0.15, -0.1) is 0 Å². The molecule has 2 fully saturated rings. The van der Waals surface area contributed by atoms with Gasteiger partial charge in [0, 0.05) is 18.7 Å². The molecule has 0 radical (unpaired) electrons. The van der Waals surface area contributed by atoms with Crippen LogP contribution in [0.2, 0.25) is 0 Å². The van der Waals surface area contributed by atoms with Crippen LogP contribution in [0.1, 0.15) is 72.1 Å². The van der Waals surface area contributed by atoms with Gasteiger partial charge in [-0.2, -0.15) is 0 Å². The van der Waals surface area contributed by atoms with Crippen LogP contribution in [0, 0.1) is 5.92 Å². The maximum Gasteiger partial charge on any atom is 0.0692 e. The number of nitrogens with one attached hydrogen (secondary N) is 1. The topological polar surface area (TPSA) is 21.3 Å². The molecule has 1 saturated heterocycles. The average molecular weight is 253 g/mol. The molecule has 2 atom stereocenters. The SMILES string of the molecule is CCC1(CC)CC(NC(C)CC2CCC2)CCO1. The standard InChI is InChI=1S/C16H31NO/c1-4-16(5-2)12-15(9-10-18-16)17-13(3)11-14-7-6-8-14/h13-15,17H,4-12H2,1-3H3. The highest BCUT2D eigenvalue weighted by molar-refractivity contribution is 4.89. The van der Waals surface area contributed by atoms with Gasteiger partial charge in [0.15, 0.2) is 0 Å². The second-order valence-corrected chi connectivity index (χ2v) is 6.53. The minimum atomic E-state index is 0.159. The molecular formula is C16H31NO. The van der Waals surface area contributed by atoms with Crippen LogP contribution in [0.3, 0.4) is 0 Å². The quantitative estimate of drug-likeness (QED) is 0.775. The Morgan fingerprint density at radius 3 is 2.50 bits per heavy atom. The zero-order valence-corrected chi connectivity index (χ0v) is 12.5. The van der Waals surface area contributed by atoms with E-state index < -0.39 is 0 Å². The van der Waals surface area contributed by atoms with Crippen molar-refractivity contribution in [1.82, 2.24) is 5.32 Å². The predicted molar refractivity (Wildman–Crippen MR) is 76.8 cm³/mol. The van der Waals surface area contributed by atoms with Crippen LogP contribution in [0.15, 0.2) is 0 Å². The Balaban J connectivity index is 1.77. The summed E-state index contributed by atoms with van der Waals surface area (Å²) in [6.07, 6.45) is 10.5. The first-order chi connectivity index (χ1) is 8.67.